The van der Waals surface area contributed by atoms with Crippen molar-refractivity contribution in [1.82, 2.24) is 39.9 Å². The molecule has 5 heterocycles. The van der Waals surface area contributed by atoms with E-state index in [1.807, 2.05) is 72.8 Å². The molecule has 0 unspecified atom stereocenters. The van der Waals surface area contributed by atoms with Gasteiger partial charge >= 0.3 is 0 Å². The number of H-pyrrole nitrogens is 2. The Kier molecular flexibility index (Phi) is 6.95. The molecule has 8 aromatic rings. The Morgan fingerprint density at radius 3 is 1.24 bits per heavy atom. The summed E-state index contributed by atoms with van der Waals surface area (Å²) >= 11 is 0. The van der Waals surface area contributed by atoms with Crippen LogP contribution >= 0.6 is 0 Å². The smallest absolute Gasteiger partial charge is 0.164 e. The Bertz CT molecular complexity index is 3050. The molecule has 0 atom stereocenters. The first kappa shape index (κ1) is 32.9. The van der Waals surface area contributed by atoms with Crippen molar-refractivity contribution in [3.05, 3.63) is 114 Å². The fraction of sp³-hybridized carbons (Fsp3) is 0.174. The Labute approximate surface area is 317 Å². The minimum absolute atomic E-state index is 0.306. The molecule has 0 amide bonds. The number of aromatic nitrogens is 8. The van der Waals surface area contributed by atoms with Crippen LogP contribution in [0.15, 0.2) is 103 Å². The number of phenols is 1. The van der Waals surface area contributed by atoms with Crippen molar-refractivity contribution in [3.63, 3.8) is 0 Å². The fourth-order valence-electron chi connectivity index (χ4n) is 7.86. The molecule has 268 valence electrons. The van der Waals surface area contributed by atoms with Crippen molar-refractivity contribution in [1.29, 1.82) is 0 Å². The number of fused-ring (bicyclic) bond motifs is 20. The summed E-state index contributed by atoms with van der Waals surface area (Å²) in [6.45, 7) is 12.8. The van der Waals surface area contributed by atoms with Crippen LogP contribution in [-0.4, -0.2) is 45.0 Å². The molecule has 0 saturated heterocycles. The summed E-state index contributed by atoms with van der Waals surface area (Å²) in [4.78, 5) is 38.0. The lowest BCUT2D eigenvalue weighted by Gasteiger charge is -2.28. The second kappa shape index (κ2) is 11.6. The van der Waals surface area contributed by atoms with Crippen LogP contribution in [0.1, 0.15) is 52.7 Å². The maximum atomic E-state index is 11.6. The van der Waals surface area contributed by atoms with Crippen LogP contribution in [0.2, 0.25) is 0 Å². The van der Waals surface area contributed by atoms with Gasteiger partial charge in [-0.25, -0.2) is 29.9 Å². The average Bonchev–Trinajstić information content (AvgIpc) is 3.90. The number of benzene rings is 5. The van der Waals surface area contributed by atoms with Crippen molar-refractivity contribution in [3.8, 4) is 62.4 Å². The average molecular weight is 719 g/mol. The second-order valence-electron chi connectivity index (χ2n) is 16.4. The largest absolute Gasteiger partial charge is 0.507 e. The molecule has 55 heavy (non-hydrogen) atoms. The third kappa shape index (κ3) is 5.21. The van der Waals surface area contributed by atoms with Gasteiger partial charge in [-0.05, 0) is 34.1 Å². The molecule has 0 fully saturated rings. The first-order valence-electron chi connectivity index (χ1n) is 18.5. The van der Waals surface area contributed by atoms with Crippen LogP contribution in [0.4, 0.5) is 0 Å². The van der Waals surface area contributed by atoms with Crippen LogP contribution in [0.3, 0.4) is 0 Å². The van der Waals surface area contributed by atoms with E-state index in [4.69, 9.17) is 29.9 Å². The van der Waals surface area contributed by atoms with E-state index in [2.05, 4.69) is 81.8 Å². The van der Waals surface area contributed by atoms with Crippen LogP contribution in [-0.2, 0) is 10.8 Å². The van der Waals surface area contributed by atoms with Crippen molar-refractivity contribution in [2.75, 3.05) is 0 Å². The first-order chi connectivity index (χ1) is 26.4. The van der Waals surface area contributed by atoms with Gasteiger partial charge in [0.15, 0.2) is 23.3 Å². The Hall–Kier alpha value is -6.74. The highest BCUT2D eigenvalue weighted by atomic mass is 16.3. The zero-order valence-corrected chi connectivity index (χ0v) is 31.4. The number of nitrogens with one attached hydrogen (secondary N) is 2. The van der Waals surface area contributed by atoms with Crippen LogP contribution in [0, 0.1) is 0 Å². The van der Waals surface area contributed by atoms with E-state index in [1.165, 1.54) is 0 Å². The summed E-state index contributed by atoms with van der Waals surface area (Å²) < 4.78 is 0. The lowest BCUT2D eigenvalue weighted by Crippen LogP contribution is -2.17. The molecular formula is C46H38N8O. The van der Waals surface area contributed by atoms with Gasteiger partial charge in [-0.15, -0.1) is 0 Å². The number of phenolic OH excluding ortho intramolecular Hbond substituents is 1. The topological polar surface area (TPSA) is 129 Å². The lowest BCUT2D eigenvalue weighted by atomic mass is 9.77. The number of aromatic hydroxyl groups is 1. The molecule has 0 radical (unpaired) electrons. The van der Waals surface area contributed by atoms with Crippen LogP contribution in [0.5, 0.6) is 5.75 Å². The van der Waals surface area contributed by atoms with E-state index < -0.39 is 0 Å². The molecule has 2 aliphatic heterocycles. The predicted octanol–water partition coefficient (Wildman–Crippen LogP) is 10.8. The summed E-state index contributed by atoms with van der Waals surface area (Å²) in [6.07, 6.45) is 0. The minimum Gasteiger partial charge on any atom is -0.507 e. The molecule has 3 N–H and O–H groups in total. The lowest BCUT2D eigenvalue weighted by molar-refractivity contribution is 0.423. The molecule has 5 aromatic carbocycles. The molecule has 10 rings (SSSR count). The molecule has 3 aromatic heterocycles. The van der Waals surface area contributed by atoms with Crippen molar-refractivity contribution in [2.24, 2.45) is 0 Å². The molecule has 0 saturated carbocycles. The Balaban J connectivity index is 1.38. The minimum atomic E-state index is -0.306. The van der Waals surface area contributed by atoms with E-state index in [0.717, 1.165) is 66.1 Å². The highest BCUT2D eigenvalue weighted by molar-refractivity contribution is 6.13. The maximum absolute atomic E-state index is 11.6. The molecule has 0 spiro atoms. The summed E-state index contributed by atoms with van der Waals surface area (Å²) in [6, 6.07) is 34.7. The van der Waals surface area contributed by atoms with Gasteiger partial charge in [0.25, 0.3) is 0 Å². The summed E-state index contributed by atoms with van der Waals surface area (Å²) in [5.74, 6) is 2.56. The molecular weight excluding hydrogens is 681 g/mol. The third-order valence-corrected chi connectivity index (χ3v) is 10.6. The van der Waals surface area contributed by atoms with Gasteiger partial charge in [-0.2, -0.15) is 0 Å². The normalized spacial score (nSPS) is 12.6. The van der Waals surface area contributed by atoms with E-state index >= 15 is 0 Å². The molecule has 0 aliphatic carbocycles. The summed E-state index contributed by atoms with van der Waals surface area (Å²) in [5.41, 5.74) is 9.21. The standard InChI is InChI=1S/C46H38N8O/c1-45(2,3)33-22-24(23-34(36(33)55)46(4,5)6)25-20-13-21-32-35(25)44-53-42-31-19-12-11-18-30(31)40(51-42)49-38-27-15-8-7-14-26(27)37(47-38)48-39-28-16-9-10-17-29(28)41(50-39)52-43(32)54-44/h7-23,55H,1-6H3,(H2,47,48,49,50,51,52,53,54). The highest BCUT2D eigenvalue weighted by Gasteiger charge is 2.28. The quantitative estimate of drug-likeness (QED) is 0.154. The maximum Gasteiger partial charge on any atom is 0.164 e. The summed E-state index contributed by atoms with van der Waals surface area (Å²) in [5, 5.41) is 15.3. The molecule has 9 nitrogen and oxygen atoms in total. The highest BCUT2D eigenvalue weighted by Crippen LogP contribution is 2.44. The van der Waals surface area contributed by atoms with Gasteiger partial charge in [0.05, 0.1) is 0 Å². The number of rotatable bonds is 1. The van der Waals surface area contributed by atoms with Crippen molar-refractivity contribution in [2.45, 2.75) is 52.4 Å². The van der Waals surface area contributed by atoms with E-state index in [1.54, 1.807) is 0 Å². The molecule has 8 bridgehead atoms. The van der Waals surface area contributed by atoms with E-state index in [9.17, 15) is 5.11 Å². The van der Waals surface area contributed by atoms with Crippen LogP contribution < -0.4 is 0 Å². The van der Waals surface area contributed by atoms with E-state index in [-0.39, 0.29) is 10.8 Å². The number of hydrogen-bond donors (Lipinski definition) is 3. The number of hydrogen-bond acceptors (Lipinski definition) is 7. The molecule has 9 heteroatoms. The van der Waals surface area contributed by atoms with Crippen molar-refractivity contribution >= 4 is 44.1 Å². The second-order valence-corrected chi connectivity index (χ2v) is 16.4. The fourth-order valence-corrected chi connectivity index (χ4v) is 7.86. The Morgan fingerprint density at radius 1 is 0.418 bits per heavy atom. The monoisotopic (exact) mass is 718 g/mol. The van der Waals surface area contributed by atoms with Crippen molar-refractivity contribution < 1.29 is 5.11 Å². The van der Waals surface area contributed by atoms with Gasteiger partial charge in [-0.1, -0.05) is 133 Å². The number of aromatic amines is 2. The van der Waals surface area contributed by atoms with Gasteiger partial charge in [0, 0.05) is 54.9 Å². The molecule has 2 aliphatic rings. The van der Waals surface area contributed by atoms with Crippen LogP contribution in [0.25, 0.3) is 101 Å². The predicted molar refractivity (Wildman–Crippen MR) is 221 cm³/mol. The number of nitrogens with zero attached hydrogens (tertiary/aromatic N) is 6. The summed E-state index contributed by atoms with van der Waals surface area (Å²) in [7, 11) is 0. The van der Waals surface area contributed by atoms with Gasteiger partial charge in [-0.3, -0.25) is 0 Å². The first-order valence-corrected chi connectivity index (χ1v) is 18.5. The SMILES string of the molecule is CC(C)(C)c1cc(-c2cccc3c4nc5nc(nc6[nH]c(nc7nc(nc([nH]4)c23)-c2ccccc2-7)c2ccccc62)-c2ccccc2-5)cc(C(C)(C)C)c1O. The van der Waals surface area contributed by atoms with Gasteiger partial charge in [0.2, 0.25) is 0 Å². The Morgan fingerprint density at radius 2 is 0.782 bits per heavy atom. The zero-order valence-electron chi connectivity index (χ0n) is 31.4. The zero-order chi connectivity index (χ0) is 37.8. The van der Waals surface area contributed by atoms with E-state index in [0.29, 0.717) is 51.6 Å². The van der Waals surface area contributed by atoms with Gasteiger partial charge < -0.3 is 15.1 Å². The third-order valence-electron chi connectivity index (χ3n) is 10.6. The van der Waals surface area contributed by atoms with Gasteiger partial charge in [0.1, 0.15) is 28.3 Å².